The lowest BCUT2D eigenvalue weighted by Crippen LogP contribution is -1.97. The van der Waals surface area contributed by atoms with Crippen LogP contribution in [0.1, 0.15) is 17.2 Å². The summed E-state index contributed by atoms with van der Waals surface area (Å²) in [6, 6.07) is 15.4. The van der Waals surface area contributed by atoms with Crippen molar-refractivity contribution >= 4 is 0 Å². The average Bonchev–Trinajstić information content (AvgIpc) is 2.38. The minimum Gasteiger partial charge on any atom is -0.376 e. The Hall–Kier alpha value is -2.11. The molecule has 0 spiro atoms. The van der Waals surface area contributed by atoms with Crippen molar-refractivity contribution in [2.75, 3.05) is 0 Å². The fraction of sp³-hybridized carbons (Fsp3) is 0.0667. The molecule has 1 nitrogen and oxygen atoms in total. The lowest BCUT2D eigenvalue weighted by Gasteiger charge is -2.04. The van der Waals surface area contributed by atoms with Gasteiger partial charge in [0.1, 0.15) is 11.9 Å². The van der Waals surface area contributed by atoms with Crippen molar-refractivity contribution in [3.63, 3.8) is 0 Å². The van der Waals surface area contributed by atoms with Gasteiger partial charge in [0.15, 0.2) is 0 Å². The molecule has 0 aliphatic carbocycles. The van der Waals surface area contributed by atoms with Crippen LogP contribution in [0.15, 0.2) is 54.6 Å². The van der Waals surface area contributed by atoms with E-state index >= 15 is 0 Å². The van der Waals surface area contributed by atoms with Crippen LogP contribution in [0.5, 0.6) is 0 Å². The molecule has 2 aromatic rings. The summed E-state index contributed by atoms with van der Waals surface area (Å²) in [4.78, 5) is 0. The molecule has 0 heterocycles. The van der Waals surface area contributed by atoms with E-state index in [1.54, 1.807) is 12.1 Å². The Morgan fingerprint density at radius 1 is 0.941 bits per heavy atom. The second-order valence-corrected chi connectivity index (χ2v) is 3.56. The Morgan fingerprint density at radius 3 is 2.29 bits per heavy atom. The number of benzene rings is 2. The van der Waals surface area contributed by atoms with Crippen LogP contribution in [-0.4, -0.2) is 5.11 Å². The zero-order chi connectivity index (χ0) is 12.1. The number of aliphatic hydroxyl groups excluding tert-OH is 1. The standard InChI is InChI=1S/C15H11FO/c16-14-9-5-4-8-13(14)15(17)11-10-12-6-2-1-3-7-12/h1-9,15,17H/t15-/m0/s1. The highest BCUT2D eigenvalue weighted by Gasteiger charge is 2.08. The van der Waals surface area contributed by atoms with Gasteiger partial charge in [0, 0.05) is 11.1 Å². The maximum Gasteiger partial charge on any atom is 0.143 e. The summed E-state index contributed by atoms with van der Waals surface area (Å²) >= 11 is 0. The second-order valence-electron chi connectivity index (χ2n) is 3.56. The first-order valence-electron chi connectivity index (χ1n) is 5.26. The molecule has 0 unspecified atom stereocenters. The lowest BCUT2D eigenvalue weighted by atomic mass is 10.1. The van der Waals surface area contributed by atoms with Gasteiger partial charge in [-0.2, -0.15) is 0 Å². The van der Waals surface area contributed by atoms with Gasteiger partial charge in [0.05, 0.1) is 0 Å². The maximum absolute atomic E-state index is 13.3. The van der Waals surface area contributed by atoms with E-state index in [0.717, 1.165) is 5.56 Å². The van der Waals surface area contributed by atoms with E-state index in [9.17, 15) is 9.50 Å². The molecule has 0 saturated carbocycles. The van der Waals surface area contributed by atoms with Crippen LogP contribution in [0.4, 0.5) is 4.39 Å². The Bertz CT molecular complexity index is 552. The molecule has 0 aliphatic rings. The normalized spacial score (nSPS) is 11.4. The highest BCUT2D eigenvalue weighted by Crippen LogP contribution is 2.15. The van der Waals surface area contributed by atoms with E-state index in [-0.39, 0.29) is 5.56 Å². The summed E-state index contributed by atoms with van der Waals surface area (Å²) in [6.07, 6.45) is -1.10. The van der Waals surface area contributed by atoms with Gasteiger partial charge in [0.2, 0.25) is 0 Å². The Labute approximate surface area is 99.5 Å². The predicted molar refractivity (Wildman–Crippen MR) is 64.7 cm³/mol. The van der Waals surface area contributed by atoms with Gasteiger partial charge in [-0.25, -0.2) is 4.39 Å². The van der Waals surface area contributed by atoms with E-state index in [1.165, 1.54) is 12.1 Å². The summed E-state index contributed by atoms with van der Waals surface area (Å²) in [5, 5.41) is 9.75. The number of hydrogen-bond acceptors (Lipinski definition) is 1. The van der Waals surface area contributed by atoms with Crippen LogP contribution in [0.2, 0.25) is 0 Å². The van der Waals surface area contributed by atoms with E-state index in [4.69, 9.17) is 0 Å². The molecular formula is C15H11FO. The molecule has 0 radical (unpaired) electrons. The lowest BCUT2D eigenvalue weighted by molar-refractivity contribution is 0.233. The van der Waals surface area contributed by atoms with Gasteiger partial charge in [-0.1, -0.05) is 48.2 Å². The molecule has 2 aromatic carbocycles. The van der Waals surface area contributed by atoms with Crippen molar-refractivity contribution in [3.05, 3.63) is 71.5 Å². The van der Waals surface area contributed by atoms with Crippen LogP contribution in [-0.2, 0) is 0 Å². The minimum atomic E-state index is -1.10. The third-order valence-electron chi connectivity index (χ3n) is 2.33. The van der Waals surface area contributed by atoms with Crippen LogP contribution in [0, 0.1) is 17.7 Å². The molecule has 2 rings (SSSR count). The van der Waals surface area contributed by atoms with Gasteiger partial charge >= 0.3 is 0 Å². The van der Waals surface area contributed by atoms with Gasteiger partial charge in [-0.3, -0.25) is 0 Å². The van der Waals surface area contributed by atoms with Crippen molar-refractivity contribution in [2.24, 2.45) is 0 Å². The average molecular weight is 226 g/mol. The molecule has 0 saturated heterocycles. The summed E-state index contributed by atoms with van der Waals surface area (Å²) in [7, 11) is 0. The smallest absolute Gasteiger partial charge is 0.143 e. The van der Waals surface area contributed by atoms with Crippen molar-refractivity contribution in [2.45, 2.75) is 6.10 Å². The topological polar surface area (TPSA) is 20.2 Å². The van der Waals surface area contributed by atoms with Gasteiger partial charge in [0.25, 0.3) is 0 Å². The number of hydrogen-bond donors (Lipinski definition) is 1. The minimum absolute atomic E-state index is 0.205. The van der Waals surface area contributed by atoms with E-state index in [0.29, 0.717) is 0 Å². The third kappa shape index (κ3) is 2.93. The molecule has 84 valence electrons. The van der Waals surface area contributed by atoms with Crippen LogP contribution >= 0.6 is 0 Å². The van der Waals surface area contributed by atoms with Crippen molar-refractivity contribution in [1.82, 2.24) is 0 Å². The summed E-state index contributed by atoms with van der Waals surface area (Å²) in [5.74, 6) is 4.98. The number of aliphatic hydroxyl groups is 1. The maximum atomic E-state index is 13.3. The van der Waals surface area contributed by atoms with Crippen molar-refractivity contribution in [3.8, 4) is 11.8 Å². The SMILES string of the molecule is O[C@@H](C#Cc1ccccc1)c1ccccc1F. The summed E-state index contributed by atoms with van der Waals surface area (Å²) in [6.45, 7) is 0. The van der Waals surface area contributed by atoms with Gasteiger partial charge in [-0.15, -0.1) is 0 Å². The largest absolute Gasteiger partial charge is 0.376 e. The first kappa shape index (κ1) is 11.4. The highest BCUT2D eigenvalue weighted by atomic mass is 19.1. The molecule has 0 bridgehead atoms. The number of halogens is 1. The Morgan fingerprint density at radius 2 is 1.59 bits per heavy atom. The molecule has 0 amide bonds. The van der Waals surface area contributed by atoms with Crippen molar-refractivity contribution < 1.29 is 9.50 Å². The zero-order valence-electron chi connectivity index (χ0n) is 9.10. The van der Waals surface area contributed by atoms with Crippen LogP contribution in [0.25, 0.3) is 0 Å². The molecule has 17 heavy (non-hydrogen) atoms. The first-order chi connectivity index (χ1) is 8.27. The second kappa shape index (κ2) is 5.29. The molecular weight excluding hydrogens is 215 g/mol. The van der Waals surface area contributed by atoms with Gasteiger partial charge in [-0.05, 0) is 18.2 Å². The fourth-order valence-electron chi connectivity index (χ4n) is 1.45. The quantitative estimate of drug-likeness (QED) is 0.741. The van der Waals surface area contributed by atoms with E-state index in [1.807, 2.05) is 30.3 Å². The van der Waals surface area contributed by atoms with Crippen LogP contribution < -0.4 is 0 Å². The van der Waals surface area contributed by atoms with Crippen LogP contribution in [0.3, 0.4) is 0 Å². The molecule has 2 heteroatoms. The van der Waals surface area contributed by atoms with Crippen molar-refractivity contribution in [1.29, 1.82) is 0 Å². The Kier molecular flexibility index (Phi) is 3.54. The Balaban J connectivity index is 2.21. The van der Waals surface area contributed by atoms with E-state index in [2.05, 4.69) is 11.8 Å². The highest BCUT2D eigenvalue weighted by molar-refractivity contribution is 5.36. The number of rotatable bonds is 1. The first-order valence-corrected chi connectivity index (χ1v) is 5.26. The molecule has 1 atom stereocenters. The third-order valence-corrected chi connectivity index (χ3v) is 2.33. The molecule has 0 aromatic heterocycles. The monoisotopic (exact) mass is 226 g/mol. The van der Waals surface area contributed by atoms with E-state index < -0.39 is 11.9 Å². The molecule has 1 N–H and O–H groups in total. The zero-order valence-corrected chi connectivity index (χ0v) is 9.10. The predicted octanol–water partition coefficient (Wildman–Crippen LogP) is 2.91. The van der Waals surface area contributed by atoms with Gasteiger partial charge < -0.3 is 5.11 Å². The molecule has 0 fully saturated rings. The summed E-state index contributed by atoms with van der Waals surface area (Å²) < 4.78 is 13.3. The fourth-order valence-corrected chi connectivity index (χ4v) is 1.45. The summed E-state index contributed by atoms with van der Waals surface area (Å²) in [5.41, 5.74) is 0.999. The molecule has 0 aliphatic heterocycles.